The monoisotopic (exact) mass is 375 g/mol. The average molecular weight is 375 g/mol. The van der Waals surface area contributed by atoms with Crippen molar-refractivity contribution in [3.63, 3.8) is 0 Å². The molecule has 4 rings (SSSR count). The Bertz CT molecular complexity index is 1170. The molecule has 0 atom stereocenters. The van der Waals surface area contributed by atoms with Crippen LogP contribution in [0.4, 0.5) is 24.0 Å². The van der Waals surface area contributed by atoms with Crippen molar-refractivity contribution in [3.8, 4) is 5.88 Å². The van der Waals surface area contributed by atoms with Gasteiger partial charge in [0, 0.05) is 5.22 Å². The minimum atomic E-state index is -0.840. The SMILES string of the molecule is O=C1N=c2ccc(F)cc2=C1c1sc(Nc2c(F)cccc2F)nc1O. The van der Waals surface area contributed by atoms with Gasteiger partial charge in [0.25, 0.3) is 5.91 Å². The number of nitrogens with one attached hydrogen (secondary N) is 1. The molecule has 0 aliphatic carbocycles. The van der Waals surface area contributed by atoms with E-state index in [9.17, 15) is 23.1 Å². The molecule has 0 unspecified atom stereocenters. The molecule has 0 saturated heterocycles. The number of fused-ring (bicyclic) bond motifs is 1. The molecule has 0 saturated carbocycles. The fraction of sp³-hybridized carbons (Fsp3) is 0. The molecule has 5 nitrogen and oxygen atoms in total. The summed E-state index contributed by atoms with van der Waals surface area (Å²) in [7, 11) is 0. The van der Waals surface area contributed by atoms with Gasteiger partial charge in [-0.15, -0.1) is 0 Å². The molecular formula is C17H8F3N3O2S. The number of carbonyl (C=O) groups is 1. The number of aromatic nitrogens is 1. The zero-order chi connectivity index (χ0) is 18.4. The third kappa shape index (κ3) is 2.62. The molecule has 1 amide bonds. The second kappa shape index (κ2) is 5.95. The lowest BCUT2D eigenvalue weighted by Crippen LogP contribution is -2.23. The Morgan fingerprint density at radius 1 is 1.08 bits per heavy atom. The fourth-order valence-corrected chi connectivity index (χ4v) is 3.47. The summed E-state index contributed by atoms with van der Waals surface area (Å²) in [5.41, 5.74) is -0.455. The molecule has 2 N–H and O–H groups in total. The highest BCUT2D eigenvalue weighted by atomic mass is 32.1. The van der Waals surface area contributed by atoms with Crippen molar-refractivity contribution in [3.05, 3.63) is 69.3 Å². The van der Waals surface area contributed by atoms with Crippen LogP contribution in [0.3, 0.4) is 0 Å². The summed E-state index contributed by atoms with van der Waals surface area (Å²) in [6.45, 7) is 0. The summed E-state index contributed by atoms with van der Waals surface area (Å²) in [4.78, 5) is 19.8. The number of thiazole rings is 1. The molecule has 3 aromatic rings. The van der Waals surface area contributed by atoms with Crippen LogP contribution in [0.1, 0.15) is 4.88 Å². The smallest absolute Gasteiger partial charge is 0.279 e. The maximum atomic E-state index is 13.7. The molecule has 26 heavy (non-hydrogen) atoms. The number of para-hydroxylation sites is 1. The molecule has 0 radical (unpaired) electrons. The molecule has 2 heterocycles. The number of rotatable bonds is 3. The highest BCUT2D eigenvalue weighted by Gasteiger charge is 2.25. The van der Waals surface area contributed by atoms with Crippen LogP contribution in [-0.4, -0.2) is 16.0 Å². The normalized spacial score (nSPS) is 12.9. The van der Waals surface area contributed by atoms with Crippen molar-refractivity contribution in [2.75, 3.05) is 5.32 Å². The van der Waals surface area contributed by atoms with Gasteiger partial charge in [0.05, 0.1) is 10.9 Å². The van der Waals surface area contributed by atoms with E-state index in [4.69, 9.17) is 0 Å². The first-order valence-electron chi connectivity index (χ1n) is 7.28. The minimum Gasteiger partial charge on any atom is -0.492 e. The minimum absolute atomic E-state index is 0.0171. The van der Waals surface area contributed by atoms with E-state index in [1.807, 2.05) is 0 Å². The van der Waals surface area contributed by atoms with E-state index < -0.39 is 34.9 Å². The topological polar surface area (TPSA) is 74.6 Å². The molecule has 0 fully saturated rings. The lowest BCUT2D eigenvalue weighted by Gasteiger charge is -2.04. The van der Waals surface area contributed by atoms with Gasteiger partial charge >= 0.3 is 0 Å². The molecule has 1 aromatic heterocycles. The van der Waals surface area contributed by atoms with Crippen LogP contribution in [0.2, 0.25) is 0 Å². The van der Waals surface area contributed by atoms with Gasteiger partial charge in [-0.3, -0.25) is 4.79 Å². The van der Waals surface area contributed by atoms with Crippen molar-refractivity contribution in [1.82, 2.24) is 4.98 Å². The average Bonchev–Trinajstić information content (AvgIpc) is 3.09. The molecule has 0 spiro atoms. The highest BCUT2D eigenvalue weighted by molar-refractivity contribution is 7.17. The molecule has 9 heteroatoms. The second-order valence-electron chi connectivity index (χ2n) is 5.35. The number of hydrogen-bond acceptors (Lipinski definition) is 5. The number of nitrogens with zero attached hydrogens (tertiary/aromatic N) is 2. The largest absolute Gasteiger partial charge is 0.492 e. The van der Waals surface area contributed by atoms with Gasteiger partial charge in [0.1, 0.15) is 28.0 Å². The van der Waals surface area contributed by atoms with Crippen LogP contribution in [-0.2, 0) is 4.79 Å². The Labute approximate surface area is 147 Å². The summed E-state index contributed by atoms with van der Waals surface area (Å²) in [5, 5.41) is 13.0. The van der Waals surface area contributed by atoms with E-state index in [2.05, 4.69) is 15.3 Å². The lowest BCUT2D eigenvalue weighted by molar-refractivity contribution is -0.112. The van der Waals surface area contributed by atoms with Gasteiger partial charge in [-0.05, 0) is 30.3 Å². The number of carbonyl (C=O) groups excluding carboxylic acids is 1. The highest BCUT2D eigenvalue weighted by Crippen LogP contribution is 2.36. The van der Waals surface area contributed by atoms with Crippen molar-refractivity contribution < 1.29 is 23.1 Å². The molecule has 130 valence electrons. The number of hydrogen-bond donors (Lipinski definition) is 2. The van der Waals surface area contributed by atoms with Crippen LogP contribution in [0.15, 0.2) is 41.4 Å². The summed E-state index contributed by atoms with van der Waals surface area (Å²) in [5.74, 6) is -3.43. The van der Waals surface area contributed by atoms with Crippen molar-refractivity contribution >= 4 is 33.6 Å². The van der Waals surface area contributed by atoms with Gasteiger partial charge in [0.2, 0.25) is 5.88 Å². The predicted molar refractivity (Wildman–Crippen MR) is 88.1 cm³/mol. The third-order valence-electron chi connectivity index (χ3n) is 3.69. The first kappa shape index (κ1) is 16.3. The Hall–Kier alpha value is -3.20. The predicted octanol–water partition coefficient (Wildman–Crippen LogP) is 2.37. The van der Waals surface area contributed by atoms with E-state index in [1.165, 1.54) is 18.2 Å². The van der Waals surface area contributed by atoms with E-state index in [-0.39, 0.29) is 26.2 Å². The standard InChI is InChI=1S/C17H8F3N3O2S/c18-7-4-5-11-8(6-7)12(15(24)21-11)14-16(25)23-17(26-14)22-13-9(19)2-1-3-10(13)20/h1-6,25H,(H,22,23). The van der Waals surface area contributed by atoms with Gasteiger partial charge < -0.3 is 10.4 Å². The molecule has 2 aromatic carbocycles. The maximum absolute atomic E-state index is 13.7. The number of aromatic hydroxyl groups is 1. The summed E-state index contributed by atoms with van der Waals surface area (Å²) in [6, 6.07) is 6.98. The van der Waals surface area contributed by atoms with Crippen LogP contribution >= 0.6 is 11.3 Å². The van der Waals surface area contributed by atoms with Crippen molar-refractivity contribution in [2.24, 2.45) is 4.99 Å². The quantitative estimate of drug-likeness (QED) is 0.737. The van der Waals surface area contributed by atoms with Crippen molar-refractivity contribution in [2.45, 2.75) is 0 Å². The van der Waals surface area contributed by atoms with E-state index in [1.54, 1.807) is 0 Å². The first-order chi connectivity index (χ1) is 12.4. The molecule has 1 aliphatic rings. The Kier molecular flexibility index (Phi) is 3.73. The number of amides is 1. The number of anilines is 2. The van der Waals surface area contributed by atoms with Crippen LogP contribution in [0, 0.1) is 17.5 Å². The maximum Gasteiger partial charge on any atom is 0.279 e. The summed E-state index contributed by atoms with van der Waals surface area (Å²) < 4.78 is 41.0. The van der Waals surface area contributed by atoms with Crippen molar-refractivity contribution in [1.29, 1.82) is 0 Å². The van der Waals surface area contributed by atoms with Crippen LogP contribution < -0.4 is 15.9 Å². The Morgan fingerprint density at radius 2 is 1.81 bits per heavy atom. The summed E-state index contributed by atoms with van der Waals surface area (Å²) >= 11 is 0.796. The summed E-state index contributed by atoms with van der Waals surface area (Å²) in [6.07, 6.45) is 0. The second-order valence-corrected chi connectivity index (χ2v) is 6.35. The Morgan fingerprint density at radius 3 is 2.54 bits per heavy atom. The lowest BCUT2D eigenvalue weighted by atomic mass is 10.1. The van der Waals surface area contributed by atoms with Gasteiger partial charge in [0.15, 0.2) is 5.13 Å². The van der Waals surface area contributed by atoms with E-state index >= 15 is 0 Å². The molecule has 0 bridgehead atoms. The van der Waals surface area contributed by atoms with Gasteiger partial charge in [-0.25, -0.2) is 18.2 Å². The zero-order valence-corrected chi connectivity index (χ0v) is 13.6. The van der Waals surface area contributed by atoms with E-state index in [0.717, 1.165) is 29.5 Å². The first-order valence-corrected chi connectivity index (χ1v) is 8.10. The van der Waals surface area contributed by atoms with E-state index in [0.29, 0.717) is 0 Å². The number of benzene rings is 2. The molecular weight excluding hydrogens is 367 g/mol. The third-order valence-corrected chi connectivity index (χ3v) is 4.67. The zero-order valence-electron chi connectivity index (χ0n) is 12.8. The van der Waals surface area contributed by atoms with Gasteiger partial charge in [-0.1, -0.05) is 17.4 Å². The molecule has 1 aliphatic heterocycles. The number of halogens is 3. The fourth-order valence-electron chi connectivity index (χ4n) is 2.56. The van der Waals surface area contributed by atoms with Crippen LogP contribution in [0.25, 0.3) is 5.57 Å². The van der Waals surface area contributed by atoms with Gasteiger partial charge in [-0.2, -0.15) is 4.98 Å². The van der Waals surface area contributed by atoms with Crippen LogP contribution in [0.5, 0.6) is 5.88 Å². The Balaban J connectivity index is 1.82.